The molecule has 8 heteroatoms. The maximum absolute atomic E-state index is 12.1. The number of nitrogens with one attached hydrogen (secondary N) is 2. The van der Waals surface area contributed by atoms with Gasteiger partial charge >= 0.3 is 13.2 Å². The fourth-order valence-electron chi connectivity index (χ4n) is 3.97. The molecule has 1 unspecified atom stereocenters. The highest BCUT2D eigenvalue weighted by Crippen LogP contribution is 2.44. The van der Waals surface area contributed by atoms with E-state index in [1.807, 2.05) is 38.1 Å². The molecule has 164 valence electrons. The first-order valence-corrected chi connectivity index (χ1v) is 10.6. The van der Waals surface area contributed by atoms with E-state index in [1.165, 1.54) is 0 Å². The predicted octanol–water partition coefficient (Wildman–Crippen LogP) is 2.46. The van der Waals surface area contributed by atoms with Gasteiger partial charge in [0.05, 0.1) is 5.94 Å². The quantitative estimate of drug-likeness (QED) is 0.463. The van der Waals surface area contributed by atoms with Crippen LogP contribution in [0.3, 0.4) is 0 Å². The molecule has 1 atom stereocenters. The average Bonchev–Trinajstić information content (AvgIpc) is 3.05. The molecule has 2 amide bonds. The monoisotopic (exact) mass is 424 g/mol. The van der Waals surface area contributed by atoms with E-state index in [2.05, 4.69) is 34.9 Å². The lowest BCUT2D eigenvalue weighted by atomic mass is 9.75. The zero-order valence-corrected chi connectivity index (χ0v) is 17.9. The van der Waals surface area contributed by atoms with Crippen molar-refractivity contribution in [2.75, 3.05) is 13.2 Å². The van der Waals surface area contributed by atoms with Crippen molar-refractivity contribution in [3.63, 3.8) is 0 Å². The van der Waals surface area contributed by atoms with Crippen molar-refractivity contribution in [3.05, 3.63) is 59.7 Å². The molecule has 1 aliphatic rings. The number of hydrogen-bond donors (Lipinski definition) is 4. The van der Waals surface area contributed by atoms with Crippen LogP contribution < -0.4 is 10.6 Å². The maximum atomic E-state index is 12.1. The van der Waals surface area contributed by atoms with E-state index in [9.17, 15) is 19.6 Å². The highest BCUT2D eigenvalue weighted by molar-refractivity contribution is 6.43. The molecule has 3 rings (SSSR count). The summed E-state index contributed by atoms with van der Waals surface area (Å²) in [5, 5.41) is 23.9. The minimum atomic E-state index is -1.62. The molecule has 7 nitrogen and oxygen atoms in total. The third-order valence-electron chi connectivity index (χ3n) is 5.40. The molecule has 0 aliphatic heterocycles. The number of amides is 2. The second-order valence-electron chi connectivity index (χ2n) is 8.22. The lowest BCUT2D eigenvalue weighted by Gasteiger charge is -2.19. The summed E-state index contributed by atoms with van der Waals surface area (Å²) >= 11 is 0. The number of rotatable bonds is 9. The van der Waals surface area contributed by atoms with Gasteiger partial charge in [-0.05, 0) is 34.6 Å². The molecule has 0 heterocycles. The summed E-state index contributed by atoms with van der Waals surface area (Å²) < 4.78 is 5.43. The Morgan fingerprint density at radius 3 is 2.16 bits per heavy atom. The van der Waals surface area contributed by atoms with Crippen LogP contribution in [0.25, 0.3) is 11.1 Å². The van der Waals surface area contributed by atoms with Crippen LogP contribution in [0.1, 0.15) is 43.7 Å². The number of carbonyl (C=O) groups is 2. The van der Waals surface area contributed by atoms with Gasteiger partial charge in [0.25, 0.3) is 0 Å². The molecular formula is C23H29BN2O5. The Morgan fingerprint density at radius 2 is 1.61 bits per heavy atom. The normalized spacial score (nSPS) is 13.3. The van der Waals surface area contributed by atoms with Gasteiger partial charge in [0.2, 0.25) is 5.91 Å². The van der Waals surface area contributed by atoms with Crippen LogP contribution in [0.5, 0.6) is 0 Å². The number of carbonyl (C=O) groups excluding carboxylic acids is 2. The summed E-state index contributed by atoms with van der Waals surface area (Å²) in [6, 6.07) is 16.2. The third-order valence-corrected chi connectivity index (χ3v) is 5.40. The van der Waals surface area contributed by atoms with E-state index in [-0.39, 0.29) is 37.3 Å². The number of benzene rings is 2. The summed E-state index contributed by atoms with van der Waals surface area (Å²) in [5.74, 6) is -0.921. The van der Waals surface area contributed by atoms with Crippen LogP contribution in [-0.4, -0.2) is 48.3 Å². The summed E-state index contributed by atoms with van der Waals surface area (Å²) in [5.41, 5.74) is 4.58. The molecule has 0 radical (unpaired) electrons. The van der Waals surface area contributed by atoms with E-state index < -0.39 is 19.2 Å². The van der Waals surface area contributed by atoms with Crippen molar-refractivity contribution in [3.8, 4) is 11.1 Å². The molecule has 0 bridgehead atoms. The van der Waals surface area contributed by atoms with Gasteiger partial charge in [0.1, 0.15) is 6.61 Å². The molecule has 0 saturated carbocycles. The zero-order chi connectivity index (χ0) is 22.4. The van der Waals surface area contributed by atoms with Crippen LogP contribution in [0.4, 0.5) is 4.79 Å². The predicted molar refractivity (Wildman–Crippen MR) is 119 cm³/mol. The molecule has 0 aromatic heterocycles. The molecule has 2 aromatic carbocycles. The maximum Gasteiger partial charge on any atom is 0.475 e. The second kappa shape index (κ2) is 10.5. The van der Waals surface area contributed by atoms with Crippen molar-refractivity contribution in [1.29, 1.82) is 0 Å². The van der Waals surface area contributed by atoms with Gasteiger partial charge < -0.3 is 25.4 Å². The number of fused-ring (bicyclic) bond motifs is 3. The van der Waals surface area contributed by atoms with Crippen molar-refractivity contribution in [2.24, 2.45) is 5.92 Å². The highest BCUT2D eigenvalue weighted by Gasteiger charge is 2.29. The zero-order valence-electron chi connectivity index (χ0n) is 17.9. The van der Waals surface area contributed by atoms with Crippen LogP contribution in [0, 0.1) is 5.92 Å². The second-order valence-corrected chi connectivity index (χ2v) is 8.22. The third kappa shape index (κ3) is 5.86. The smallest absolute Gasteiger partial charge is 0.449 e. The Bertz CT molecular complexity index is 873. The Hall–Kier alpha value is -2.84. The van der Waals surface area contributed by atoms with Crippen molar-refractivity contribution in [1.82, 2.24) is 10.6 Å². The highest BCUT2D eigenvalue weighted by atomic mass is 16.5. The van der Waals surface area contributed by atoms with Crippen molar-refractivity contribution >= 4 is 19.1 Å². The first kappa shape index (κ1) is 22.8. The van der Waals surface area contributed by atoms with Gasteiger partial charge in [-0.3, -0.25) is 4.79 Å². The van der Waals surface area contributed by atoms with E-state index in [0.29, 0.717) is 6.42 Å². The number of hydrogen-bond acceptors (Lipinski definition) is 5. The first-order valence-electron chi connectivity index (χ1n) is 10.6. The fraction of sp³-hybridized carbons (Fsp3) is 0.391. The molecule has 1 aliphatic carbocycles. The SMILES string of the molecule is CC(C)CC(NC(=O)CCNC(=O)OCC1c2ccccc2-c2ccccc21)B(O)O. The number of alkyl carbamates (subject to hydrolysis) is 1. The van der Waals surface area contributed by atoms with Gasteiger partial charge in [-0.15, -0.1) is 0 Å². The van der Waals surface area contributed by atoms with Gasteiger partial charge in [-0.2, -0.15) is 0 Å². The standard InChI is InChI=1S/C23H29BN2O5/c1-15(2)13-21(24(29)30)26-22(27)11-12-25-23(28)31-14-20-18-9-5-3-7-16(18)17-8-4-6-10-19(17)20/h3-10,15,20-21,29-30H,11-14H2,1-2H3,(H,25,28)(H,26,27). The van der Waals surface area contributed by atoms with Gasteiger partial charge in [0, 0.05) is 18.9 Å². The van der Waals surface area contributed by atoms with Crippen LogP contribution in [0.2, 0.25) is 0 Å². The molecule has 0 saturated heterocycles. The molecule has 4 N–H and O–H groups in total. The Balaban J connectivity index is 1.46. The largest absolute Gasteiger partial charge is 0.475 e. The van der Waals surface area contributed by atoms with Crippen LogP contribution >= 0.6 is 0 Å². The van der Waals surface area contributed by atoms with Crippen LogP contribution in [-0.2, 0) is 9.53 Å². The summed E-state index contributed by atoms with van der Waals surface area (Å²) in [4.78, 5) is 24.2. The van der Waals surface area contributed by atoms with Crippen molar-refractivity contribution in [2.45, 2.75) is 38.5 Å². The molecular weight excluding hydrogens is 395 g/mol. The van der Waals surface area contributed by atoms with Crippen molar-refractivity contribution < 1.29 is 24.4 Å². The van der Waals surface area contributed by atoms with Gasteiger partial charge in [-0.25, -0.2) is 4.79 Å². The Labute approximate surface area is 183 Å². The lowest BCUT2D eigenvalue weighted by molar-refractivity contribution is -0.121. The molecule has 0 spiro atoms. The lowest BCUT2D eigenvalue weighted by Crippen LogP contribution is -2.47. The topological polar surface area (TPSA) is 108 Å². The molecule has 2 aromatic rings. The Kier molecular flexibility index (Phi) is 7.71. The molecule has 0 fully saturated rings. The Morgan fingerprint density at radius 1 is 1.03 bits per heavy atom. The van der Waals surface area contributed by atoms with E-state index in [0.717, 1.165) is 22.3 Å². The minimum absolute atomic E-state index is 0.0194. The average molecular weight is 424 g/mol. The van der Waals surface area contributed by atoms with E-state index in [1.54, 1.807) is 0 Å². The fourth-order valence-corrected chi connectivity index (χ4v) is 3.97. The first-order chi connectivity index (χ1) is 14.9. The van der Waals surface area contributed by atoms with Gasteiger partial charge in [-0.1, -0.05) is 62.4 Å². The van der Waals surface area contributed by atoms with Crippen LogP contribution in [0.15, 0.2) is 48.5 Å². The minimum Gasteiger partial charge on any atom is -0.449 e. The summed E-state index contributed by atoms with van der Waals surface area (Å²) in [6.07, 6.45) is -0.120. The summed E-state index contributed by atoms with van der Waals surface area (Å²) in [7, 11) is -1.62. The number of ether oxygens (including phenoxy) is 1. The molecule has 31 heavy (non-hydrogen) atoms. The van der Waals surface area contributed by atoms with Gasteiger partial charge in [0.15, 0.2) is 0 Å². The summed E-state index contributed by atoms with van der Waals surface area (Å²) in [6.45, 7) is 4.16. The van der Waals surface area contributed by atoms with E-state index >= 15 is 0 Å². The van der Waals surface area contributed by atoms with E-state index in [4.69, 9.17) is 4.74 Å².